The Morgan fingerprint density at radius 2 is 1.50 bits per heavy atom. The Balaban J connectivity index is 3.23. The van der Waals surface area contributed by atoms with E-state index < -0.39 is 0 Å². The molecule has 0 fully saturated rings. The van der Waals surface area contributed by atoms with Crippen LogP contribution < -0.4 is 0 Å². The van der Waals surface area contributed by atoms with Gasteiger partial charge in [0, 0.05) is 18.2 Å². The molecule has 66 valence electrons. The maximum Gasteiger partial charge on any atom is 0.0378 e. The second kappa shape index (κ2) is 4.58. The van der Waals surface area contributed by atoms with E-state index >= 15 is 0 Å². The van der Waals surface area contributed by atoms with Gasteiger partial charge in [-0.05, 0) is 56.5 Å². The molecule has 1 atom stereocenters. The summed E-state index contributed by atoms with van der Waals surface area (Å²) in [6.07, 6.45) is 0. The standard InChI is InChI=1S/C8H6Br4/c1-4(9)5-2-7(11)8(12)3-6(5)10/h2-4H,1H3. The molecule has 0 radical (unpaired) electrons. The molecule has 1 unspecified atom stereocenters. The quantitative estimate of drug-likeness (QED) is 0.419. The van der Waals surface area contributed by atoms with E-state index in [4.69, 9.17) is 0 Å². The van der Waals surface area contributed by atoms with E-state index in [0.29, 0.717) is 4.83 Å². The van der Waals surface area contributed by atoms with E-state index in [9.17, 15) is 0 Å². The second-order valence-corrected chi connectivity index (χ2v) is 6.34. The summed E-state index contributed by atoms with van der Waals surface area (Å²) in [7, 11) is 0. The average Bonchev–Trinajstić information content (AvgIpc) is 1.96. The molecular weight excluding hydrogens is 416 g/mol. The highest BCUT2D eigenvalue weighted by Gasteiger charge is 2.08. The van der Waals surface area contributed by atoms with Crippen molar-refractivity contribution < 1.29 is 0 Å². The lowest BCUT2D eigenvalue weighted by Gasteiger charge is -2.08. The van der Waals surface area contributed by atoms with Crippen molar-refractivity contribution in [3.63, 3.8) is 0 Å². The fourth-order valence-corrected chi connectivity index (χ4v) is 3.23. The van der Waals surface area contributed by atoms with Gasteiger partial charge in [-0.1, -0.05) is 31.9 Å². The van der Waals surface area contributed by atoms with Crippen molar-refractivity contribution in [3.8, 4) is 0 Å². The van der Waals surface area contributed by atoms with Gasteiger partial charge in [-0.3, -0.25) is 0 Å². The summed E-state index contributed by atoms with van der Waals surface area (Å²) >= 11 is 13.9. The molecule has 0 spiro atoms. The molecule has 0 saturated carbocycles. The van der Waals surface area contributed by atoms with Crippen molar-refractivity contribution >= 4 is 63.7 Å². The Labute approximate surface area is 106 Å². The molecule has 0 aliphatic rings. The largest absolute Gasteiger partial charge is 0.0841 e. The van der Waals surface area contributed by atoms with Crippen LogP contribution in [0.4, 0.5) is 0 Å². The molecule has 0 saturated heterocycles. The van der Waals surface area contributed by atoms with E-state index in [1.807, 2.05) is 6.07 Å². The Kier molecular flexibility index (Phi) is 4.28. The summed E-state index contributed by atoms with van der Waals surface area (Å²) < 4.78 is 3.25. The van der Waals surface area contributed by atoms with Gasteiger partial charge in [0.1, 0.15) is 0 Å². The maximum atomic E-state index is 3.53. The van der Waals surface area contributed by atoms with Crippen molar-refractivity contribution in [1.82, 2.24) is 0 Å². The third-order valence-corrected chi connectivity index (χ3v) is 4.49. The molecule has 0 bridgehead atoms. The highest BCUT2D eigenvalue weighted by atomic mass is 79.9. The van der Waals surface area contributed by atoms with Crippen LogP contribution in [0.3, 0.4) is 0 Å². The van der Waals surface area contributed by atoms with Crippen LogP contribution in [0.2, 0.25) is 0 Å². The number of halogens is 4. The molecule has 0 heterocycles. The summed E-state index contributed by atoms with van der Waals surface area (Å²) in [4.78, 5) is 0.358. The first-order valence-corrected chi connectivity index (χ1v) is 6.60. The molecule has 0 aromatic heterocycles. The third kappa shape index (κ3) is 2.56. The van der Waals surface area contributed by atoms with Crippen molar-refractivity contribution in [3.05, 3.63) is 31.1 Å². The van der Waals surface area contributed by atoms with Gasteiger partial charge in [0.15, 0.2) is 0 Å². The summed E-state index contributed by atoms with van der Waals surface area (Å²) in [5, 5.41) is 0. The minimum absolute atomic E-state index is 0.358. The third-order valence-electron chi connectivity index (χ3n) is 1.47. The van der Waals surface area contributed by atoms with Crippen molar-refractivity contribution in [2.75, 3.05) is 0 Å². The topological polar surface area (TPSA) is 0 Å². The highest BCUT2D eigenvalue weighted by Crippen LogP contribution is 2.35. The van der Waals surface area contributed by atoms with Crippen LogP contribution in [-0.2, 0) is 0 Å². The lowest BCUT2D eigenvalue weighted by molar-refractivity contribution is 1.11. The normalized spacial score (nSPS) is 13.1. The molecule has 0 nitrogen and oxygen atoms in total. The van der Waals surface area contributed by atoms with Gasteiger partial charge in [-0.15, -0.1) is 0 Å². The van der Waals surface area contributed by atoms with Gasteiger partial charge in [0.25, 0.3) is 0 Å². The molecule has 0 N–H and O–H groups in total. The molecule has 0 aliphatic carbocycles. The lowest BCUT2D eigenvalue weighted by Crippen LogP contribution is -1.86. The minimum atomic E-state index is 0.358. The van der Waals surface area contributed by atoms with Crippen LogP contribution in [-0.4, -0.2) is 0 Å². The molecule has 4 heteroatoms. The molecule has 1 rings (SSSR count). The number of benzene rings is 1. The van der Waals surface area contributed by atoms with E-state index in [2.05, 4.69) is 76.7 Å². The Morgan fingerprint density at radius 1 is 1.00 bits per heavy atom. The van der Waals surface area contributed by atoms with Crippen LogP contribution in [0.25, 0.3) is 0 Å². The van der Waals surface area contributed by atoms with Gasteiger partial charge >= 0.3 is 0 Å². The van der Waals surface area contributed by atoms with Gasteiger partial charge in [-0.2, -0.15) is 0 Å². The van der Waals surface area contributed by atoms with Gasteiger partial charge in [-0.25, -0.2) is 0 Å². The van der Waals surface area contributed by atoms with E-state index in [1.165, 1.54) is 5.56 Å². The summed E-state index contributed by atoms with van der Waals surface area (Å²) in [5.41, 5.74) is 1.24. The number of alkyl halides is 1. The first-order chi connectivity index (χ1) is 5.52. The summed E-state index contributed by atoms with van der Waals surface area (Å²) in [6.45, 7) is 2.10. The zero-order valence-electron chi connectivity index (χ0n) is 6.24. The smallest absolute Gasteiger partial charge is 0.0378 e. The fraction of sp³-hybridized carbons (Fsp3) is 0.250. The van der Waals surface area contributed by atoms with E-state index in [0.717, 1.165) is 13.4 Å². The lowest BCUT2D eigenvalue weighted by atomic mass is 10.2. The zero-order chi connectivity index (χ0) is 9.30. The van der Waals surface area contributed by atoms with Crippen LogP contribution in [0.1, 0.15) is 17.3 Å². The van der Waals surface area contributed by atoms with E-state index in [-0.39, 0.29) is 0 Å². The van der Waals surface area contributed by atoms with Gasteiger partial charge in [0.2, 0.25) is 0 Å². The average molecular weight is 422 g/mol. The fourth-order valence-electron chi connectivity index (χ4n) is 0.843. The Morgan fingerprint density at radius 3 is 2.00 bits per heavy atom. The summed E-state index contributed by atoms with van der Waals surface area (Å²) in [6, 6.07) is 4.13. The van der Waals surface area contributed by atoms with Crippen LogP contribution in [0, 0.1) is 0 Å². The summed E-state index contributed by atoms with van der Waals surface area (Å²) in [5.74, 6) is 0. The van der Waals surface area contributed by atoms with Crippen molar-refractivity contribution in [1.29, 1.82) is 0 Å². The van der Waals surface area contributed by atoms with Crippen LogP contribution in [0.15, 0.2) is 25.6 Å². The number of hydrogen-bond acceptors (Lipinski definition) is 0. The SMILES string of the molecule is CC(Br)c1cc(Br)c(Br)cc1Br. The van der Waals surface area contributed by atoms with Crippen molar-refractivity contribution in [2.45, 2.75) is 11.8 Å². The molecule has 1 aromatic rings. The monoisotopic (exact) mass is 418 g/mol. The zero-order valence-corrected chi connectivity index (χ0v) is 12.6. The van der Waals surface area contributed by atoms with Crippen molar-refractivity contribution in [2.24, 2.45) is 0 Å². The Bertz CT molecular complexity index is 293. The predicted octanol–water partition coefficient (Wildman–Crippen LogP) is 5.43. The van der Waals surface area contributed by atoms with Crippen LogP contribution >= 0.6 is 63.7 Å². The maximum absolute atomic E-state index is 3.53. The highest BCUT2D eigenvalue weighted by molar-refractivity contribution is 9.13. The Hall–Kier alpha value is 1.14. The molecule has 1 aromatic carbocycles. The number of rotatable bonds is 1. The van der Waals surface area contributed by atoms with Gasteiger partial charge < -0.3 is 0 Å². The van der Waals surface area contributed by atoms with Crippen LogP contribution in [0.5, 0.6) is 0 Å². The number of hydrogen-bond donors (Lipinski definition) is 0. The second-order valence-electron chi connectivity index (χ2n) is 2.40. The minimum Gasteiger partial charge on any atom is -0.0841 e. The van der Waals surface area contributed by atoms with E-state index in [1.54, 1.807) is 0 Å². The predicted molar refractivity (Wildman–Crippen MR) is 66.9 cm³/mol. The molecule has 0 amide bonds. The van der Waals surface area contributed by atoms with Gasteiger partial charge in [0.05, 0.1) is 0 Å². The first-order valence-electron chi connectivity index (χ1n) is 3.31. The molecule has 12 heavy (non-hydrogen) atoms. The molecule has 0 aliphatic heterocycles. The first kappa shape index (κ1) is 11.2. The molecular formula is C8H6Br4.